The Bertz CT molecular complexity index is 850. The average Bonchev–Trinajstić information content (AvgIpc) is 3.28. The van der Waals surface area contributed by atoms with E-state index in [4.69, 9.17) is 9.47 Å². The van der Waals surface area contributed by atoms with E-state index >= 15 is 0 Å². The lowest BCUT2D eigenvalue weighted by molar-refractivity contribution is -0.145. The highest BCUT2D eigenvalue weighted by Crippen LogP contribution is 2.42. The fraction of sp³-hybridized carbons (Fsp3) is 0.565. The molecule has 1 unspecified atom stereocenters. The Morgan fingerprint density at radius 2 is 1.78 bits per heavy atom. The number of Topliss-reactive ketones (excluding diaryl/α,β-unsaturated/α-hetero) is 1. The molecule has 0 spiro atoms. The molecule has 0 aliphatic carbocycles. The zero-order chi connectivity index (χ0) is 24.1. The molecule has 1 saturated heterocycles. The summed E-state index contributed by atoms with van der Waals surface area (Å²) < 4.78 is 10.4. The summed E-state index contributed by atoms with van der Waals surface area (Å²) in [5.41, 5.74) is -0.875. The Morgan fingerprint density at radius 3 is 2.34 bits per heavy atom. The number of nitrogens with zero attached hydrogens (tertiary/aromatic N) is 1. The second-order valence-electron chi connectivity index (χ2n) is 9.02. The van der Waals surface area contributed by atoms with Crippen LogP contribution in [0, 0.1) is 0 Å². The van der Waals surface area contributed by atoms with Crippen molar-refractivity contribution < 1.29 is 28.7 Å². The van der Waals surface area contributed by atoms with Gasteiger partial charge in [0.15, 0.2) is 11.8 Å². The third-order valence-electron chi connectivity index (χ3n) is 4.83. The Kier molecular flexibility index (Phi) is 8.34. The fourth-order valence-electron chi connectivity index (χ4n) is 3.28. The number of alkyl carbamates (subject to hydrolysis) is 1. The Hall–Kier alpha value is -2.55. The number of carbonyl (C=O) groups excluding carboxylic acids is 4. The van der Waals surface area contributed by atoms with E-state index in [1.807, 2.05) is 6.07 Å². The maximum Gasteiger partial charge on any atom is 0.408 e. The first-order valence-electron chi connectivity index (χ1n) is 10.5. The molecule has 1 heterocycles. The van der Waals surface area contributed by atoms with Gasteiger partial charge in [0, 0.05) is 11.3 Å². The van der Waals surface area contributed by atoms with E-state index in [1.165, 1.54) is 16.7 Å². The van der Waals surface area contributed by atoms with E-state index in [0.717, 1.165) is 0 Å². The number of hydrogen-bond acceptors (Lipinski definition) is 7. The number of carbonyl (C=O) groups is 4. The van der Waals surface area contributed by atoms with Crippen molar-refractivity contribution in [2.45, 2.75) is 64.8 Å². The predicted molar refractivity (Wildman–Crippen MR) is 123 cm³/mol. The summed E-state index contributed by atoms with van der Waals surface area (Å²) in [7, 11) is 0. The van der Waals surface area contributed by atoms with E-state index < -0.39 is 41.2 Å². The van der Waals surface area contributed by atoms with Crippen LogP contribution >= 0.6 is 11.8 Å². The highest BCUT2D eigenvalue weighted by atomic mass is 32.2. The van der Waals surface area contributed by atoms with E-state index in [-0.39, 0.29) is 23.9 Å². The minimum absolute atomic E-state index is 0.0736. The van der Waals surface area contributed by atoms with Crippen LogP contribution in [0.4, 0.5) is 4.79 Å². The van der Waals surface area contributed by atoms with E-state index in [0.29, 0.717) is 5.56 Å². The largest absolute Gasteiger partial charge is 0.464 e. The van der Waals surface area contributed by atoms with Gasteiger partial charge in [0.2, 0.25) is 5.91 Å². The van der Waals surface area contributed by atoms with Crippen LogP contribution in [0.15, 0.2) is 30.3 Å². The summed E-state index contributed by atoms with van der Waals surface area (Å²) in [4.78, 5) is 51.6. The van der Waals surface area contributed by atoms with Crippen LogP contribution in [-0.2, 0) is 19.1 Å². The third-order valence-corrected chi connectivity index (χ3v) is 5.87. The molecule has 1 aromatic rings. The molecule has 1 aliphatic rings. The van der Waals surface area contributed by atoms with E-state index in [1.54, 1.807) is 65.8 Å². The molecular weight excluding hydrogens is 432 g/mol. The topological polar surface area (TPSA) is 102 Å². The van der Waals surface area contributed by atoms with E-state index in [2.05, 4.69) is 5.32 Å². The molecule has 176 valence electrons. The molecule has 9 heteroatoms. The van der Waals surface area contributed by atoms with Gasteiger partial charge < -0.3 is 19.7 Å². The molecule has 8 nitrogen and oxygen atoms in total. The van der Waals surface area contributed by atoms with Crippen LogP contribution in [0.3, 0.4) is 0 Å². The van der Waals surface area contributed by atoms with Gasteiger partial charge in [-0.15, -0.1) is 0 Å². The van der Waals surface area contributed by atoms with Crippen LogP contribution in [0.5, 0.6) is 0 Å². The standard InChI is InChI=1S/C23H32N2O6S/c1-7-30-20(28)18-23(5,6)25(18)19(27)16(24-21(29)31-22(2,3)4)13-32-14-17(26)15-11-9-8-10-12-15/h8-12,16,18H,7,13-14H2,1-6H3,(H,24,29)/t16-,18?,25?/m0/s1. The van der Waals surface area contributed by atoms with Gasteiger partial charge in [0.25, 0.3) is 0 Å². The zero-order valence-corrected chi connectivity index (χ0v) is 20.3. The summed E-state index contributed by atoms with van der Waals surface area (Å²) >= 11 is 1.23. The first-order valence-corrected chi connectivity index (χ1v) is 11.7. The lowest BCUT2D eigenvalue weighted by Crippen LogP contribution is -2.48. The smallest absolute Gasteiger partial charge is 0.408 e. The molecule has 1 aromatic carbocycles. The number of thioether (sulfide) groups is 1. The van der Waals surface area contributed by atoms with Gasteiger partial charge in [0.1, 0.15) is 11.6 Å². The molecule has 0 radical (unpaired) electrons. The maximum atomic E-state index is 13.2. The first kappa shape index (κ1) is 25.7. The molecule has 1 aliphatic heterocycles. The van der Waals surface area contributed by atoms with Crippen LogP contribution in [0.25, 0.3) is 0 Å². The van der Waals surface area contributed by atoms with Crippen molar-refractivity contribution in [1.82, 2.24) is 10.2 Å². The number of rotatable bonds is 9. The first-order chi connectivity index (χ1) is 14.9. The van der Waals surface area contributed by atoms with Gasteiger partial charge in [0.05, 0.1) is 17.9 Å². The van der Waals surface area contributed by atoms with Gasteiger partial charge >= 0.3 is 12.1 Å². The van der Waals surface area contributed by atoms with Crippen LogP contribution in [-0.4, -0.2) is 70.0 Å². The maximum absolute atomic E-state index is 13.2. The van der Waals surface area contributed by atoms with Crippen molar-refractivity contribution in [3.63, 3.8) is 0 Å². The molecule has 0 bridgehead atoms. The molecule has 1 fully saturated rings. The molecule has 0 saturated carbocycles. The monoisotopic (exact) mass is 464 g/mol. The van der Waals surface area contributed by atoms with Crippen molar-refractivity contribution in [1.29, 1.82) is 0 Å². The number of ether oxygens (including phenoxy) is 2. The Morgan fingerprint density at radius 1 is 1.16 bits per heavy atom. The summed E-state index contributed by atoms with van der Waals surface area (Å²) in [5, 5.41) is 2.60. The summed E-state index contributed by atoms with van der Waals surface area (Å²) in [6.07, 6.45) is -0.738. The SMILES string of the molecule is CCOC(=O)C1N(C(=O)[C@H](CSCC(=O)c2ccccc2)NC(=O)OC(C)(C)C)C1(C)C. The number of nitrogens with one attached hydrogen (secondary N) is 1. The number of hydrogen-bond donors (Lipinski definition) is 1. The van der Waals surface area contributed by atoms with E-state index in [9.17, 15) is 19.2 Å². The Balaban J connectivity index is 2.08. The van der Waals surface area contributed by atoms with Gasteiger partial charge in [-0.2, -0.15) is 11.8 Å². The van der Waals surface area contributed by atoms with Gasteiger partial charge in [-0.25, -0.2) is 9.59 Å². The zero-order valence-electron chi connectivity index (χ0n) is 19.5. The van der Waals surface area contributed by atoms with Gasteiger partial charge in [-0.05, 0) is 41.5 Å². The second-order valence-corrected chi connectivity index (χ2v) is 10.0. The molecule has 1 N–H and O–H groups in total. The number of benzene rings is 1. The van der Waals surface area contributed by atoms with Crippen molar-refractivity contribution in [3.8, 4) is 0 Å². The lowest BCUT2D eigenvalue weighted by atomic mass is 10.1. The van der Waals surface area contributed by atoms with Crippen LogP contribution < -0.4 is 5.32 Å². The van der Waals surface area contributed by atoms with Gasteiger partial charge in [-0.3, -0.25) is 9.59 Å². The highest BCUT2D eigenvalue weighted by molar-refractivity contribution is 8.00. The molecule has 2 atom stereocenters. The highest BCUT2D eigenvalue weighted by Gasteiger charge is 2.64. The number of amides is 2. The molecule has 32 heavy (non-hydrogen) atoms. The van der Waals surface area contributed by atoms with Crippen molar-refractivity contribution in [3.05, 3.63) is 35.9 Å². The summed E-state index contributed by atoms with van der Waals surface area (Å²) in [6.45, 7) is 10.6. The summed E-state index contributed by atoms with van der Waals surface area (Å²) in [6, 6.07) is 7.18. The number of ketones is 1. The molecule has 2 rings (SSSR count). The lowest BCUT2D eigenvalue weighted by Gasteiger charge is -2.23. The van der Waals surface area contributed by atoms with Crippen LogP contribution in [0.1, 0.15) is 51.9 Å². The fourth-order valence-corrected chi connectivity index (χ4v) is 4.21. The predicted octanol–water partition coefficient (Wildman–Crippen LogP) is 3.05. The molecule has 0 aromatic heterocycles. The van der Waals surface area contributed by atoms with Crippen LogP contribution in [0.2, 0.25) is 0 Å². The van der Waals surface area contributed by atoms with Gasteiger partial charge in [-0.1, -0.05) is 30.3 Å². The second kappa shape index (κ2) is 10.4. The minimum Gasteiger partial charge on any atom is -0.464 e. The third kappa shape index (κ3) is 6.72. The quantitative estimate of drug-likeness (QED) is 0.340. The average molecular weight is 465 g/mol. The van der Waals surface area contributed by atoms with Crippen molar-refractivity contribution >= 4 is 35.5 Å². The Labute approximate surface area is 193 Å². The minimum atomic E-state index is -0.961. The molecular formula is C23H32N2O6S. The number of esters is 1. The van der Waals surface area contributed by atoms with Crippen molar-refractivity contribution in [2.75, 3.05) is 18.1 Å². The van der Waals surface area contributed by atoms with Crippen molar-refractivity contribution in [2.24, 2.45) is 0 Å². The summed E-state index contributed by atoms with van der Waals surface area (Å²) in [5.74, 6) is -0.671. The molecule has 2 amide bonds. The normalized spacial score (nSPS) is 17.8.